The number of ether oxygens (including phenoxy) is 1. The summed E-state index contributed by atoms with van der Waals surface area (Å²) in [5.41, 5.74) is 2.49. The van der Waals surface area contributed by atoms with Crippen molar-refractivity contribution < 1.29 is 19.4 Å². The van der Waals surface area contributed by atoms with Crippen molar-refractivity contribution in [3.05, 3.63) is 65.7 Å². The molecule has 3 rings (SSSR count). The zero-order valence-electron chi connectivity index (χ0n) is 17.8. The highest BCUT2D eigenvalue weighted by Gasteiger charge is 2.37. The van der Waals surface area contributed by atoms with E-state index in [4.69, 9.17) is 4.74 Å². The van der Waals surface area contributed by atoms with E-state index < -0.39 is 12.1 Å². The van der Waals surface area contributed by atoms with Crippen LogP contribution in [-0.4, -0.2) is 41.1 Å². The van der Waals surface area contributed by atoms with E-state index in [1.165, 1.54) is 0 Å². The van der Waals surface area contributed by atoms with Gasteiger partial charge >= 0.3 is 0 Å². The van der Waals surface area contributed by atoms with E-state index in [1.807, 2.05) is 75.4 Å². The van der Waals surface area contributed by atoms with Gasteiger partial charge in [-0.25, -0.2) is 0 Å². The quantitative estimate of drug-likeness (QED) is 0.764. The highest BCUT2D eigenvalue weighted by molar-refractivity contribution is 5.91. The minimum absolute atomic E-state index is 0.0297. The highest BCUT2D eigenvalue weighted by atomic mass is 16.5. The molecule has 2 N–H and O–H groups in total. The maximum Gasteiger partial charge on any atom is 0.249 e. The fraction of sp³-hybridized carbons (Fsp3) is 0.417. The third-order valence-corrected chi connectivity index (χ3v) is 5.05. The molecule has 1 fully saturated rings. The molecule has 6 heteroatoms. The number of nitrogens with zero attached hydrogens (tertiary/aromatic N) is 1. The number of benzene rings is 2. The summed E-state index contributed by atoms with van der Waals surface area (Å²) in [4.78, 5) is 26.3. The van der Waals surface area contributed by atoms with Gasteiger partial charge in [0.25, 0.3) is 0 Å². The molecular weight excluding hydrogens is 380 g/mol. The normalized spacial score (nSPS) is 19.6. The second-order valence-corrected chi connectivity index (χ2v) is 8.90. The van der Waals surface area contributed by atoms with Crippen molar-refractivity contribution in [3.63, 3.8) is 0 Å². The monoisotopic (exact) mass is 410 g/mol. The molecule has 2 aromatic rings. The number of hydrogen-bond donors (Lipinski definition) is 2. The van der Waals surface area contributed by atoms with Crippen LogP contribution in [0.1, 0.15) is 44.4 Å². The van der Waals surface area contributed by atoms with Gasteiger partial charge < -0.3 is 20.1 Å². The molecule has 0 saturated carbocycles. The van der Waals surface area contributed by atoms with Gasteiger partial charge in [0.2, 0.25) is 11.8 Å². The van der Waals surface area contributed by atoms with Gasteiger partial charge in [-0.15, -0.1) is 0 Å². The standard InChI is InChI=1S/C24H30N2O4/c1-24(2,3)13-21(28)25-19-11-9-18(10-12-19)23-20(15-27)26(22(29)16-30-23)14-17-7-5-4-6-8-17/h4-12,20,23,27H,13-16H2,1-3H3,(H,25,28)/t20-,23-/m1/s1. The number of nitrogens with one attached hydrogen (secondary N) is 1. The number of aliphatic hydroxyl groups is 1. The lowest BCUT2D eigenvalue weighted by Crippen LogP contribution is -2.52. The predicted molar refractivity (Wildman–Crippen MR) is 116 cm³/mol. The van der Waals surface area contributed by atoms with Crippen molar-refractivity contribution in [3.8, 4) is 0 Å². The van der Waals surface area contributed by atoms with Crippen molar-refractivity contribution in [2.75, 3.05) is 18.5 Å². The van der Waals surface area contributed by atoms with Crippen molar-refractivity contribution >= 4 is 17.5 Å². The lowest BCUT2D eigenvalue weighted by Gasteiger charge is -2.40. The SMILES string of the molecule is CC(C)(C)CC(=O)Nc1ccc([C@H]2OCC(=O)N(Cc3ccccc3)[C@@H]2CO)cc1. The fourth-order valence-corrected chi connectivity index (χ4v) is 3.64. The number of carbonyl (C=O) groups excluding carboxylic acids is 2. The molecule has 0 aromatic heterocycles. The maximum absolute atomic E-state index is 12.5. The van der Waals surface area contributed by atoms with E-state index in [2.05, 4.69) is 5.32 Å². The van der Waals surface area contributed by atoms with Crippen LogP contribution >= 0.6 is 0 Å². The summed E-state index contributed by atoms with van der Waals surface area (Å²) in [6.45, 7) is 6.26. The van der Waals surface area contributed by atoms with E-state index in [0.717, 1.165) is 11.1 Å². The van der Waals surface area contributed by atoms with E-state index in [9.17, 15) is 14.7 Å². The molecule has 0 spiro atoms. The van der Waals surface area contributed by atoms with Crippen molar-refractivity contribution in [2.45, 2.75) is 45.9 Å². The molecule has 1 aliphatic heterocycles. The molecule has 0 unspecified atom stereocenters. The van der Waals surface area contributed by atoms with Crippen LogP contribution in [0.3, 0.4) is 0 Å². The van der Waals surface area contributed by atoms with E-state index >= 15 is 0 Å². The summed E-state index contributed by atoms with van der Waals surface area (Å²) >= 11 is 0. The summed E-state index contributed by atoms with van der Waals surface area (Å²) in [6, 6.07) is 16.6. The fourth-order valence-electron chi connectivity index (χ4n) is 3.64. The Bertz CT molecular complexity index is 859. The van der Waals surface area contributed by atoms with Gasteiger partial charge in [0, 0.05) is 18.7 Å². The molecule has 0 aliphatic carbocycles. The van der Waals surface area contributed by atoms with Crippen LogP contribution in [0, 0.1) is 5.41 Å². The summed E-state index contributed by atoms with van der Waals surface area (Å²) in [7, 11) is 0. The van der Waals surface area contributed by atoms with Gasteiger partial charge in [0.15, 0.2) is 0 Å². The summed E-state index contributed by atoms with van der Waals surface area (Å²) in [5.74, 6) is -0.169. The average Bonchev–Trinajstić information content (AvgIpc) is 2.69. The molecule has 6 nitrogen and oxygen atoms in total. The minimum atomic E-state index is -0.479. The Morgan fingerprint density at radius 1 is 1.13 bits per heavy atom. The van der Waals surface area contributed by atoms with E-state index in [1.54, 1.807) is 4.90 Å². The third kappa shape index (κ3) is 5.68. The molecule has 160 valence electrons. The predicted octanol–water partition coefficient (Wildman–Crippen LogP) is 3.52. The molecule has 30 heavy (non-hydrogen) atoms. The molecule has 0 bridgehead atoms. The molecule has 1 aliphatic rings. The Morgan fingerprint density at radius 3 is 2.40 bits per heavy atom. The average molecular weight is 411 g/mol. The lowest BCUT2D eigenvalue weighted by molar-refractivity contribution is -0.162. The highest BCUT2D eigenvalue weighted by Crippen LogP contribution is 2.31. The van der Waals surface area contributed by atoms with Crippen molar-refractivity contribution in [2.24, 2.45) is 5.41 Å². The minimum Gasteiger partial charge on any atom is -0.394 e. The van der Waals surface area contributed by atoms with Gasteiger partial charge in [0.1, 0.15) is 12.7 Å². The van der Waals surface area contributed by atoms with Crippen molar-refractivity contribution in [1.82, 2.24) is 4.90 Å². The zero-order chi connectivity index (χ0) is 21.7. The zero-order valence-corrected chi connectivity index (χ0v) is 17.8. The van der Waals surface area contributed by atoms with Crippen LogP contribution in [0.5, 0.6) is 0 Å². The topological polar surface area (TPSA) is 78.9 Å². The number of morpholine rings is 1. The van der Waals surface area contributed by atoms with Crippen LogP contribution in [0.25, 0.3) is 0 Å². The van der Waals surface area contributed by atoms with Gasteiger partial charge in [-0.05, 0) is 28.7 Å². The van der Waals surface area contributed by atoms with Crippen molar-refractivity contribution in [1.29, 1.82) is 0 Å². The Kier molecular flexibility index (Phi) is 6.90. The third-order valence-electron chi connectivity index (χ3n) is 5.05. The van der Waals surface area contributed by atoms with Crippen LogP contribution in [-0.2, 0) is 20.9 Å². The first-order valence-corrected chi connectivity index (χ1v) is 10.2. The van der Waals surface area contributed by atoms with Gasteiger partial charge in [-0.3, -0.25) is 9.59 Å². The summed E-state index contributed by atoms with van der Waals surface area (Å²) in [5, 5.41) is 12.9. The Morgan fingerprint density at radius 2 is 1.80 bits per heavy atom. The second-order valence-electron chi connectivity index (χ2n) is 8.90. The molecule has 1 heterocycles. The lowest BCUT2D eigenvalue weighted by atomic mass is 9.92. The first kappa shape index (κ1) is 22.0. The van der Waals surface area contributed by atoms with E-state index in [-0.39, 0.29) is 30.4 Å². The Balaban J connectivity index is 1.72. The molecule has 2 aromatic carbocycles. The van der Waals surface area contributed by atoms with Gasteiger partial charge in [-0.2, -0.15) is 0 Å². The molecule has 2 amide bonds. The van der Waals surface area contributed by atoms with Crippen LogP contribution in [0.15, 0.2) is 54.6 Å². The van der Waals surface area contributed by atoms with E-state index in [0.29, 0.717) is 18.7 Å². The summed E-state index contributed by atoms with van der Waals surface area (Å²) < 4.78 is 5.80. The van der Waals surface area contributed by atoms with Gasteiger partial charge in [0.05, 0.1) is 12.6 Å². The molecule has 2 atom stereocenters. The van der Waals surface area contributed by atoms with Crippen LogP contribution in [0.4, 0.5) is 5.69 Å². The first-order valence-electron chi connectivity index (χ1n) is 10.2. The Hall–Kier alpha value is -2.70. The van der Waals surface area contributed by atoms with Gasteiger partial charge in [-0.1, -0.05) is 63.2 Å². The summed E-state index contributed by atoms with van der Waals surface area (Å²) in [6.07, 6.45) is -0.000343. The number of hydrogen-bond acceptors (Lipinski definition) is 4. The molecule has 0 radical (unpaired) electrons. The second kappa shape index (κ2) is 9.41. The largest absolute Gasteiger partial charge is 0.394 e. The molecule has 1 saturated heterocycles. The smallest absolute Gasteiger partial charge is 0.249 e. The molecular formula is C24H30N2O4. The number of anilines is 1. The first-order chi connectivity index (χ1) is 14.3. The Labute approximate surface area is 177 Å². The maximum atomic E-state index is 12.5. The number of aliphatic hydroxyl groups excluding tert-OH is 1. The number of rotatable bonds is 6. The number of carbonyl (C=O) groups is 2. The van der Waals surface area contributed by atoms with Crippen LogP contribution in [0.2, 0.25) is 0 Å². The number of amides is 2. The van der Waals surface area contributed by atoms with Crippen LogP contribution < -0.4 is 5.32 Å².